The third-order valence-electron chi connectivity index (χ3n) is 16.8. The van der Waals surface area contributed by atoms with Crippen LogP contribution in [-0.2, 0) is 14.2 Å². The smallest absolute Gasteiger partial charge is 0.410 e. The number of fused-ring (bicyclic) bond motifs is 4. The molecule has 9 heteroatoms. The average molecular weight is 670 g/mol. The van der Waals surface area contributed by atoms with Gasteiger partial charge in [-0.2, -0.15) is 0 Å². The number of carbonyl (C=O) groups excluding carboxylic acids is 2. The number of aliphatic hydroxyl groups is 1. The monoisotopic (exact) mass is 669 g/mol. The molecule has 9 nitrogen and oxygen atoms in total. The fraction of sp³-hybridized carbons (Fsp3) is 0.949. The number of nitrogens with one attached hydrogen (secondary N) is 1. The molecule has 48 heavy (non-hydrogen) atoms. The molecule has 3 aliphatic heterocycles. The van der Waals surface area contributed by atoms with Gasteiger partial charge in [0.2, 0.25) is 0 Å². The lowest BCUT2D eigenvalue weighted by atomic mass is 9.41. The molecule has 8 fully saturated rings. The number of ether oxygens (including phenoxy) is 3. The second kappa shape index (κ2) is 11.2. The summed E-state index contributed by atoms with van der Waals surface area (Å²) in [6.45, 7) is 21.0. The highest BCUT2D eigenvalue weighted by Gasteiger charge is 2.84. The van der Waals surface area contributed by atoms with Gasteiger partial charge >= 0.3 is 12.2 Å². The lowest BCUT2D eigenvalue weighted by molar-refractivity contribution is -0.185. The van der Waals surface area contributed by atoms with Crippen LogP contribution in [0.1, 0.15) is 106 Å². The van der Waals surface area contributed by atoms with E-state index >= 15 is 0 Å². The Labute approximate surface area is 288 Å². The molecular formula is C39H63N3O6. The van der Waals surface area contributed by atoms with Gasteiger partial charge in [0.05, 0.1) is 18.3 Å². The average Bonchev–Trinajstić information content (AvgIpc) is 3.65. The van der Waals surface area contributed by atoms with Gasteiger partial charge in [-0.25, -0.2) is 9.59 Å². The maximum absolute atomic E-state index is 13.2. The summed E-state index contributed by atoms with van der Waals surface area (Å²) in [7, 11) is 0. The molecule has 0 aromatic carbocycles. The summed E-state index contributed by atoms with van der Waals surface area (Å²) in [6, 6.07) is 0. The molecule has 0 radical (unpaired) electrons. The Morgan fingerprint density at radius 3 is 2.23 bits per heavy atom. The zero-order valence-corrected chi connectivity index (χ0v) is 30.8. The third kappa shape index (κ3) is 4.37. The molecule has 0 bridgehead atoms. The molecule has 0 aromatic rings. The topological polar surface area (TPSA) is 101 Å². The fourth-order valence-electron chi connectivity index (χ4n) is 14.1. The fourth-order valence-corrected chi connectivity index (χ4v) is 14.1. The number of aliphatic hydroxyl groups excluding tert-OH is 1. The molecule has 4 unspecified atom stereocenters. The van der Waals surface area contributed by atoms with Gasteiger partial charge in [0.25, 0.3) is 0 Å². The first-order chi connectivity index (χ1) is 22.7. The molecule has 8 aliphatic rings. The van der Waals surface area contributed by atoms with E-state index in [9.17, 15) is 14.7 Å². The first-order valence-corrected chi connectivity index (χ1v) is 19.7. The Balaban J connectivity index is 1.03. The Morgan fingerprint density at radius 2 is 1.56 bits per heavy atom. The van der Waals surface area contributed by atoms with Gasteiger partial charge in [0, 0.05) is 50.1 Å². The van der Waals surface area contributed by atoms with Crippen LogP contribution in [0, 0.1) is 56.7 Å². The summed E-state index contributed by atoms with van der Waals surface area (Å²) >= 11 is 0. The molecule has 2 N–H and O–H groups in total. The van der Waals surface area contributed by atoms with Crippen molar-refractivity contribution in [2.75, 3.05) is 39.3 Å². The Hall–Kier alpha value is -1.58. The third-order valence-corrected chi connectivity index (χ3v) is 16.8. The lowest BCUT2D eigenvalue weighted by Crippen LogP contribution is -2.60. The van der Waals surface area contributed by atoms with Crippen LogP contribution in [0.5, 0.6) is 0 Å². The number of amides is 2. The Kier molecular flexibility index (Phi) is 7.84. The van der Waals surface area contributed by atoms with E-state index in [1.165, 1.54) is 12.8 Å². The van der Waals surface area contributed by atoms with E-state index < -0.39 is 6.10 Å². The predicted molar refractivity (Wildman–Crippen MR) is 182 cm³/mol. The van der Waals surface area contributed by atoms with E-state index in [2.05, 4.69) is 53.8 Å². The van der Waals surface area contributed by atoms with Gasteiger partial charge in [0.1, 0.15) is 12.2 Å². The van der Waals surface area contributed by atoms with Gasteiger partial charge in [-0.15, -0.1) is 0 Å². The van der Waals surface area contributed by atoms with Gasteiger partial charge in [-0.1, -0.05) is 48.5 Å². The van der Waals surface area contributed by atoms with Crippen LogP contribution in [0.15, 0.2) is 0 Å². The molecule has 270 valence electrons. The van der Waals surface area contributed by atoms with Crippen molar-refractivity contribution in [2.45, 2.75) is 137 Å². The van der Waals surface area contributed by atoms with Gasteiger partial charge in [-0.05, 0) is 104 Å². The highest BCUT2D eigenvalue weighted by molar-refractivity contribution is 5.69. The summed E-state index contributed by atoms with van der Waals surface area (Å²) in [5.41, 5.74) is 0.193. The minimum absolute atomic E-state index is 0.0127. The van der Waals surface area contributed by atoms with Crippen molar-refractivity contribution in [1.82, 2.24) is 15.1 Å². The number of rotatable bonds is 4. The van der Waals surface area contributed by atoms with E-state index in [4.69, 9.17) is 14.2 Å². The van der Waals surface area contributed by atoms with E-state index in [0.29, 0.717) is 17.8 Å². The number of hydrogen-bond donors (Lipinski definition) is 2. The van der Waals surface area contributed by atoms with Gasteiger partial charge in [-0.3, -0.25) is 0 Å². The van der Waals surface area contributed by atoms with E-state index in [0.717, 1.165) is 84.2 Å². The maximum atomic E-state index is 13.2. The van der Waals surface area contributed by atoms with Crippen molar-refractivity contribution >= 4 is 12.2 Å². The Bertz CT molecular complexity index is 1300. The number of nitrogens with zero attached hydrogens (tertiary/aromatic N) is 2. The molecular weight excluding hydrogens is 606 g/mol. The van der Waals surface area contributed by atoms with Crippen molar-refractivity contribution in [1.29, 1.82) is 0 Å². The quantitative estimate of drug-likeness (QED) is 0.375. The molecule has 2 spiro atoms. The largest absolute Gasteiger partial charge is 0.446 e. The summed E-state index contributed by atoms with van der Waals surface area (Å²) in [4.78, 5) is 29.8. The summed E-state index contributed by atoms with van der Waals surface area (Å²) < 4.78 is 19.5. The second-order valence-electron chi connectivity index (χ2n) is 19.1. The van der Waals surface area contributed by atoms with Crippen LogP contribution in [0.4, 0.5) is 9.59 Å². The number of carbonyl (C=O) groups is 2. The number of hydrogen-bond acceptors (Lipinski definition) is 7. The highest BCUT2D eigenvalue weighted by Crippen LogP contribution is 2.89. The zero-order chi connectivity index (χ0) is 34.0. The van der Waals surface area contributed by atoms with Crippen LogP contribution < -0.4 is 5.32 Å². The Morgan fingerprint density at radius 1 is 0.896 bits per heavy atom. The standard InChI is InChI=1S/C39H63N3O6/c1-23(2)30(48-34(45)41-17-8-18-41)25-21-24(3)29-31(46-25)32(43)37(7)27-10-9-26-35(4,5)28(47-33(44)42-19-15-40-16-20-42)11-12-38(26)22-39(27,38)14-13-36(29,37)6/h23-32,40,43H,8-22H2,1-7H3/t24-,25?,26+,27?,28?,29+,30-,31?,32+,36-,37-,38-,39+/m1/s1. The zero-order valence-electron chi connectivity index (χ0n) is 30.8. The van der Waals surface area contributed by atoms with E-state index in [1.807, 2.05) is 4.90 Å². The first kappa shape index (κ1) is 33.6. The highest BCUT2D eigenvalue weighted by atomic mass is 16.6. The van der Waals surface area contributed by atoms with Crippen LogP contribution in [0.3, 0.4) is 0 Å². The SMILES string of the molecule is CC(C)[C@@H](OC(=O)N1CCC1)C1C[C@@H](C)[C@H]2C(O1)[C@H](O)[C@@]1(C)C3CC[C@H]4C(C)(C)C(OC(=O)N5CCNCC5)CC[C@@]45C[C@@]35CC[C@]21C. The summed E-state index contributed by atoms with van der Waals surface area (Å²) in [6.07, 6.45) is 8.13. The molecule has 2 amide bonds. The molecule has 5 saturated carbocycles. The lowest BCUT2D eigenvalue weighted by Gasteiger charge is -2.63. The van der Waals surface area contributed by atoms with Crippen molar-refractivity contribution in [3.05, 3.63) is 0 Å². The van der Waals surface area contributed by atoms with Crippen molar-refractivity contribution < 1.29 is 28.9 Å². The molecule has 3 heterocycles. The van der Waals surface area contributed by atoms with E-state index in [1.54, 1.807) is 4.90 Å². The second-order valence-corrected chi connectivity index (χ2v) is 19.1. The molecule has 8 rings (SSSR count). The predicted octanol–water partition coefficient (Wildman–Crippen LogP) is 6.08. The summed E-state index contributed by atoms with van der Waals surface area (Å²) in [5.74, 6) is 1.77. The van der Waals surface area contributed by atoms with Crippen molar-refractivity contribution in [2.24, 2.45) is 56.7 Å². The molecule has 5 aliphatic carbocycles. The maximum Gasteiger partial charge on any atom is 0.410 e. The molecule has 0 aromatic heterocycles. The first-order valence-electron chi connectivity index (χ1n) is 19.7. The minimum atomic E-state index is -0.544. The van der Waals surface area contributed by atoms with Crippen LogP contribution >= 0.6 is 0 Å². The molecule has 3 saturated heterocycles. The van der Waals surface area contributed by atoms with Crippen molar-refractivity contribution in [3.8, 4) is 0 Å². The normalized spacial score (nSPS) is 49.4. The van der Waals surface area contributed by atoms with Crippen molar-refractivity contribution in [3.63, 3.8) is 0 Å². The van der Waals surface area contributed by atoms with Crippen LogP contribution in [-0.4, -0.2) is 96.9 Å². The van der Waals surface area contributed by atoms with Gasteiger partial charge in [0.15, 0.2) is 0 Å². The molecule has 13 atom stereocenters. The number of likely N-dealkylation sites (tertiary alicyclic amines) is 1. The van der Waals surface area contributed by atoms with E-state index in [-0.39, 0.29) is 75.5 Å². The minimum Gasteiger partial charge on any atom is -0.446 e. The van der Waals surface area contributed by atoms with Crippen LogP contribution in [0.2, 0.25) is 0 Å². The van der Waals surface area contributed by atoms with Crippen LogP contribution in [0.25, 0.3) is 0 Å². The summed E-state index contributed by atoms with van der Waals surface area (Å²) in [5, 5.41) is 16.0. The number of piperazine rings is 1. The van der Waals surface area contributed by atoms with Gasteiger partial charge < -0.3 is 34.4 Å².